The Hall–Kier alpha value is -1.76. The predicted molar refractivity (Wildman–Crippen MR) is 106 cm³/mol. The first-order valence-electron chi connectivity index (χ1n) is 11.4. The highest BCUT2D eigenvalue weighted by Crippen LogP contribution is 2.64. The zero-order valence-electron chi connectivity index (χ0n) is 20.5. The third-order valence-electron chi connectivity index (χ3n) is 7.68. The molecule has 4 aliphatic carbocycles. The van der Waals surface area contributed by atoms with Crippen LogP contribution in [0.2, 0.25) is 0 Å². The topological polar surface area (TPSA) is 151 Å². The van der Waals surface area contributed by atoms with Crippen molar-refractivity contribution in [3.63, 3.8) is 0 Å². The number of carbonyl (C=O) groups excluding carboxylic acids is 2. The van der Waals surface area contributed by atoms with Crippen molar-refractivity contribution in [3.05, 3.63) is 0 Å². The van der Waals surface area contributed by atoms with Crippen LogP contribution in [-0.2, 0) is 38.6 Å². The van der Waals surface area contributed by atoms with Crippen molar-refractivity contribution in [3.8, 4) is 0 Å². The van der Waals surface area contributed by atoms with Crippen molar-refractivity contribution in [1.29, 1.82) is 0 Å². The Bertz CT molecular complexity index is 1170. The summed E-state index contributed by atoms with van der Waals surface area (Å²) in [4.78, 5) is 24.8. The Morgan fingerprint density at radius 2 is 1.26 bits per heavy atom. The average Bonchev–Trinajstić information content (AvgIpc) is 2.72. The van der Waals surface area contributed by atoms with Gasteiger partial charge in [-0.05, 0) is 50.4 Å². The Labute approximate surface area is 236 Å². The summed E-state index contributed by atoms with van der Waals surface area (Å²) in [6, 6.07) is 0. The standard InChI is InChI=1S/C19H18F12O10S2/c20-16(21,22)14(17(23,24)25,42-41-40-34)10(32)38-7-12-2-8-1-9(3-12)5-13(4-8,6-12)39-11(33)15(18(26,27)28,19(29,30)31)43(35,36)37/h8-9,34H,1-7H2,(H,35,36,37)/p-2. The molecule has 0 aromatic heterocycles. The molecule has 0 amide bonds. The fraction of sp³-hybridized carbons (Fsp3) is 0.895. The molecule has 0 aliphatic heterocycles. The van der Waals surface area contributed by atoms with Gasteiger partial charge in [-0.1, -0.05) is 0 Å². The van der Waals surface area contributed by atoms with E-state index in [1.165, 1.54) is 0 Å². The zero-order chi connectivity index (χ0) is 33.3. The predicted octanol–water partition coefficient (Wildman–Crippen LogP) is 3.56. The maximum absolute atomic E-state index is 13.6. The minimum absolute atomic E-state index is 0.151. The molecule has 4 saturated carbocycles. The molecule has 250 valence electrons. The lowest BCUT2D eigenvalue weighted by Gasteiger charge is -2.61. The molecule has 0 heterocycles. The molecule has 0 spiro atoms. The normalized spacial score (nSPS) is 28.6. The Morgan fingerprint density at radius 1 is 0.791 bits per heavy atom. The second kappa shape index (κ2) is 10.7. The van der Waals surface area contributed by atoms with Gasteiger partial charge in [-0.15, -0.1) is 0 Å². The van der Waals surface area contributed by atoms with E-state index in [9.17, 15) is 80.5 Å². The van der Waals surface area contributed by atoms with Crippen LogP contribution in [0.15, 0.2) is 0 Å². The molecule has 4 bridgehead atoms. The zero-order valence-corrected chi connectivity index (χ0v) is 22.2. The number of alkyl halides is 12. The van der Waals surface area contributed by atoms with Crippen molar-refractivity contribution in [2.24, 2.45) is 17.3 Å². The number of esters is 2. The summed E-state index contributed by atoms with van der Waals surface area (Å²) in [5.41, 5.74) is -4.18. The van der Waals surface area contributed by atoms with E-state index in [0.717, 1.165) is 0 Å². The van der Waals surface area contributed by atoms with Crippen molar-refractivity contribution < 1.29 is 99.3 Å². The van der Waals surface area contributed by atoms with Gasteiger partial charge in [0.25, 0.3) is 0 Å². The molecule has 43 heavy (non-hydrogen) atoms. The lowest BCUT2D eigenvalue weighted by molar-refractivity contribution is -0.777. The van der Waals surface area contributed by atoms with Gasteiger partial charge < -0.3 is 19.3 Å². The van der Waals surface area contributed by atoms with E-state index in [1.807, 2.05) is 0 Å². The Kier molecular flexibility index (Phi) is 8.85. The lowest BCUT2D eigenvalue weighted by Crippen LogP contribution is -2.69. The molecule has 2 atom stereocenters. The first kappa shape index (κ1) is 35.7. The van der Waals surface area contributed by atoms with Gasteiger partial charge in [-0.2, -0.15) is 57.0 Å². The molecule has 0 aromatic rings. The molecule has 4 aliphatic rings. The fourth-order valence-corrected chi connectivity index (χ4v) is 7.86. The fourth-order valence-electron chi connectivity index (χ4n) is 6.61. The van der Waals surface area contributed by atoms with E-state index in [0.29, 0.717) is 0 Å². The quantitative estimate of drug-likeness (QED) is 0.0870. The molecule has 0 saturated heterocycles. The summed E-state index contributed by atoms with van der Waals surface area (Å²) in [5.74, 6) is -8.23. The van der Waals surface area contributed by atoms with Gasteiger partial charge in [0.1, 0.15) is 15.7 Å². The minimum Gasteiger partial charge on any atom is -0.747 e. The second-order valence-corrected chi connectivity index (χ2v) is 13.1. The van der Waals surface area contributed by atoms with Crippen LogP contribution in [0.1, 0.15) is 38.5 Å². The van der Waals surface area contributed by atoms with E-state index in [1.54, 1.807) is 0 Å². The largest absolute Gasteiger partial charge is 0.747 e. The number of ether oxygens (including phenoxy) is 2. The van der Waals surface area contributed by atoms with Crippen molar-refractivity contribution in [1.82, 2.24) is 0 Å². The van der Waals surface area contributed by atoms with Gasteiger partial charge in [0.05, 0.1) is 18.6 Å². The number of rotatable bonds is 9. The van der Waals surface area contributed by atoms with E-state index in [2.05, 4.69) is 18.8 Å². The van der Waals surface area contributed by atoms with Crippen LogP contribution in [0, 0.1) is 17.3 Å². The van der Waals surface area contributed by atoms with Gasteiger partial charge in [-0.3, -0.25) is 5.04 Å². The second-order valence-electron chi connectivity index (χ2n) is 10.6. The maximum Gasteiger partial charge on any atom is 0.426 e. The third-order valence-corrected chi connectivity index (χ3v) is 10.1. The Morgan fingerprint density at radius 3 is 1.63 bits per heavy atom. The summed E-state index contributed by atoms with van der Waals surface area (Å²) in [6.45, 7) is -1.37. The minimum atomic E-state index is -7.62. The first-order valence-corrected chi connectivity index (χ1v) is 13.6. The summed E-state index contributed by atoms with van der Waals surface area (Å²) in [7, 11) is -7.62. The van der Waals surface area contributed by atoms with E-state index >= 15 is 0 Å². The highest BCUT2D eigenvalue weighted by Gasteiger charge is 2.83. The van der Waals surface area contributed by atoms with E-state index < -0.39 is 117 Å². The van der Waals surface area contributed by atoms with Gasteiger partial charge in [0.2, 0.25) is 0 Å². The number of halogens is 12. The molecule has 0 N–H and O–H groups in total. The summed E-state index contributed by atoms with van der Waals surface area (Å²) in [5, 5.41) is 12.4. The van der Waals surface area contributed by atoms with Crippen LogP contribution < -0.4 is 5.26 Å². The Balaban J connectivity index is 1.97. The monoisotopic (exact) mass is 696 g/mol. The molecule has 0 aromatic carbocycles. The van der Waals surface area contributed by atoms with Crippen molar-refractivity contribution in [2.45, 2.75) is 78.3 Å². The van der Waals surface area contributed by atoms with Crippen molar-refractivity contribution in [2.75, 3.05) is 6.61 Å². The summed E-state index contributed by atoms with van der Waals surface area (Å²) < 4.78 is 197. The summed E-state index contributed by atoms with van der Waals surface area (Å²) in [6.07, 6.45) is -29.5. The number of hydrogen-bond acceptors (Lipinski definition) is 11. The van der Waals surface area contributed by atoms with Crippen LogP contribution in [0.25, 0.3) is 0 Å². The van der Waals surface area contributed by atoms with Crippen LogP contribution in [0.5, 0.6) is 0 Å². The van der Waals surface area contributed by atoms with Crippen LogP contribution in [0.4, 0.5) is 52.7 Å². The molecule has 2 unspecified atom stereocenters. The van der Waals surface area contributed by atoms with E-state index in [4.69, 9.17) is 0 Å². The highest BCUT2D eigenvalue weighted by molar-refractivity contribution is 7.97. The van der Waals surface area contributed by atoms with Crippen LogP contribution in [0.3, 0.4) is 0 Å². The summed E-state index contributed by atoms with van der Waals surface area (Å²) >= 11 is -1.80. The SMILES string of the molecule is O=C(OCC12CC3CC(C1)CC(OC(=O)C(C(F)(F)F)(C(F)(F)F)S(=O)(=O)[O-])(C3)C2)C(SOO[O-])(C(F)(F)F)C(F)(F)F. The molecule has 24 heteroatoms. The van der Waals surface area contributed by atoms with Crippen LogP contribution >= 0.6 is 12.0 Å². The van der Waals surface area contributed by atoms with Crippen LogP contribution in [-0.4, -0.2) is 71.3 Å². The van der Waals surface area contributed by atoms with Gasteiger partial charge in [-0.25, -0.2) is 18.0 Å². The third kappa shape index (κ3) is 5.74. The average molecular weight is 696 g/mol. The van der Waals surface area contributed by atoms with E-state index in [-0.39, 0.29) is 19.3 Å². The molecule has 4 fully saturated rings. The number of carbonyl (C=O) groups is 2. The maximum atomic E-state index is 13.6. The highest BCUT2D eigenvalue weighted by atomic mass is 32.2. The molecule has 0 radical (unpaired) electrons. The first-order chi connectivity index (χ1) is 19.1. The van der Waals surface area contributed by atoms with Crippen molar-refractivity contribution >= 4 is 34.1 Å². The number of hydrogen-bond donors (Lipinski definition) is 0. The molecule has 4 rings (SSSR count). The van der Waals surface area contributed by atoms with Gasteiger partial charge in [0, 0.05) is 5.41 Å². The molecule has 10 nitrogen and oxygen atoms in total. The smallest absolute Gasteiger partial charge is 0.426 e. The van der Waals surface area contributed by atoms with Gasteiger partial charge in [0.15, 0.2) is 0 Å². The lowest BCUT2D eigenvalue weighted by atomic mass is 9.48. The molecular formula is C19H16F12O10S2-2. The molecular weight excluding hydrogens is 680 g/mol. The van der Waals surface area contributed by atoms with Gasteiger partial charge >= 0.3 is 46.1 Å².